The van der Waals surface area contributed by atoms with Crippen molar-refractivity contribution >= 4 is 23.4 Å². The van der Waals surface area contributed by atoms with Crippen molar-refractivity contribution < 1.29 is 14.7 Å². The molecule has 0 radical (unpaired) electrons. The van der Waals surface area contributed by atoms with Gasteiger partial charge in [-0.05, 0) is 37.2 Å². The molecule has 0 saturated carbocycles. The third kappa shape index (κ3) is 3.82. The molecule has 0 amide bonds. The van der Waals surface area contributed by atoms with Crippen LogP contribution < -0.4 is 5.32 Å². The fraction of sp³-hybridized carbons (Fsp3) is 0.385. The summed E-state index contributed by atoms with van der Waals surface area (Å²) in [6.45, 7) is 4.17. The first-order valence-electron chi connectivity index (χ1n) is 5.71. The maximum absolute atomic E-state index is 12.2. The number of ketones is 1. The number of likely N-dealkylation sites (N-methyl/N-ethyl adjacent to an activating group) is 1. The molecular weight excluding hydrogens is 254 g/mol. The number of rotatable bonds is 6. The predicted octanol–water partition coefficient (Wildman–Crippen LogP) is 2.28. The van der Waals surface area contributed by atoms with E-state index in [1.54, 1.807) is 25.1 Å². The Hall–Kier alpha value is -1.39. The average molecular weight is 270 g/mol. The van der Waals surface area contributed by atoms with Crippen LogP contribution in [0.3, 0.4) is 0 Å². The van der Waals surface area contributed by atoms with E-state index in [-0.39, 0.29) is 12.2 Å². The van der Waals surface area contributed by atoms with E-state index in [1.807, 2.05) is 6.92 Å². The van der Waals surface area contributed by atoms with Crippen LogP contribution in [0.4, 0.5) is 0 Å². The van der Waals surface area contributed by atoms with Crippen molar-refractivity contribution in [2.75, 3.05) is 6.54 Å². The van der Waals surface area contributed by atoms with Crippen molar-refractivity contribution in [1.82, 2.24) is 5.32 Å². The van der Waals surface area contributed by atoms with E-state index in [1.165, 1.54) is 0 Å². The largest absolute Gasteiger partial charge is 0.481 e. The van der Waals surface area contributed by atoms with Gasteiger partial charge in [0.1, 0.15) is 0 Å². The minimum absolute atomic E-state index is 0.223. The van der Waals surface area contributed by atoms with E-state index < -0.39 is 12.0 Å². The Kier molecular flexibility index (Phi) is 5.31. The third-order valence-corrected chi connectivity index (χ3v) is 3.01. The molecule has 0 aliphatic rings. The SMILES string of the molecule is CCNC(CC(=O)O)C(=O)c1ccc(Cl)c(C)c1. The Bertz CT molecular complexity index is 460. The number of aliphatic carboxylic acids is 1. The van der Waals surface area contributed by atoms with Gasteiger partial charge in [0.25, 0.3) is 0 Å². The highest BCUT2D eigenvalue weighted by Crippen LogP contribution is 2.17. The molecule has 1 atom stereocenters. The van der Waals surface area contributed by atoms with Gasteiger partial charge in [-0.1, -0.05) is 18.5 Å². The molecule has 4 nitrogen and oxygen atoms in total. The van der Waals surface area contributed by atoms with Crippen LogP contribution >= 0.6 is 11.6 Å². The molecule has 0 spiro atoms. The molecule has 0 aliphatic carbocycles. The molecule has 1 rings (SSSR count). The monoisotopic (exact) mass is 269 g/mol. The Labute approximate surface area is 111 Å². The number of Topliss-reactive ketones (excluding diaryl/α,β-unsaturated/α-hetero) is 1. The van der Waals surface area contributed by atoms with Crippen molar-refractivity contribution in [3.8, 4) is 0 Å². The normalized spacial score (nSPS) is 12.2. The highest BCUT2D eigenvalue weighted by molar-refractivity contribution is 6.31. The van der Waals surface area contributed by atoms with E-state index in [0.29, 0.717) is 17.1 Å². The molecule has 98 valence electrons. The third-order valence-electron chi connectivity index (χ3n) is 2.59. The maximum atomic E-state index is 12.2. The zero-order chi connectivity index (χ0) is 13.7. The van der Waals surface area contributed by atoms with Gasteiger partial charge in [-0.15, -0.1) is 0 Å². The summed E-state index contributed by atoms with van der Waals surface area (Å²) in [6.07, 6.45) is -0.228. The van der Waals surface area contributed by atoms with E-state index in [4.69, 9.17) is 16.7 Å². The molecular formula is C13H16ClNO3. The topological polar surface area (TPSA) is 66.4 Å². The van der Waals surface area contributed by atoms with Gasteiger partial charge in [-0.25, -0.2) is 0 Å². The lowest BCUT2D eigenvalue weighted by Crippen LogP contribution is -2.38. The van der Waals surface area contributed by atoms with Gasteiger partial charge in [0.05, 0.1) is 12.5 Å². The van der Waals surface area contributed by atoms with Crippen LogP contribution in [0.15, 0.2) is 18.2 Å². The molecule has 18 heavy (non-hydrogen) atoms. The summed E-state index contributed by atoms with van der Waals surface area (Å²) in [7, 11) is 0. The molecule has 1 aromatic carbocycles. The second-order valence-corrected chi connectivity index (χ2v) is 4.44. The van der Waals surface area contributed by atoms with Crippen LogP contribution in [0.25, 0.3) is 0 Å². The second-order valence-electron chi connectivity index (χ2n) is 4.04. The molecule has 0 fully saturated rings. The van der Waals surface area contributed by atoms with Gasteiger partial charge >= 0.3 is 5.97 Å². The van der Waals surface area contributed by atoms with Crippen LogP contribution in [0.1, 0.15) is 29.3 Å². The number of carbonyl (C=O) groups is 2. The lowest BCUT2D eigenvalue weighted by atomic mass is 10.00. The van der Waals surface area contributed by atoms with Gasteiger partial charge < -0.3 is 10.4 Å². The average Bonchev–Trinajstić information content (AvgIpc) is 2.31. The summed E-state index contributed by atoms with van der Waals surface area (Å²) in [6, 6.07) is 4.24. The van der Waals surface area contributed by atoms with Crippen LogP contribution in [-0.4, -0.2) is 29.4 Å². The lowest BCUT2D eigenvalue weighted by molar-refractivity contribution is -0.137. The number of carboxylic acids is 1. The van der Waals surface area contributed by atoms with Crippen molar-refractivity contribution in [1.29, 1.82) is 0 Å². The van der Waals surface area contributed by atoms with E-state index in [0.717, 1.165) is 5.56 Å². The minimum atomic E-state index is -1.00. The van der Waals surface area contributed by atoms with E-state index in [9.17, 15) is 9.59 Å². The molecule has 0 saturated heterocycles. The summed E-state index contributed by atoms with van der Waals surface area (Å²) < 4.78 is 0. The highest BCUT2D eigenvalue weighted by Gasteiger charge is 2.22. The number of halogens is 1. The van der Waals surface area contributed by atoms with Crippen molar-refractivity contribution in [3.63, 3.8) is 0 Å². The number of nitrogens with one attached hydrogen (secondary N) is 1. The summed E-state index contributed by atoms with van der Waals surface area (Å²) in [5, 5.41) is 12.3. The first kappa shape index (κ1) is 14.7. The molecule has 0 aliphatic heterocycles. The predicted molar refractivity (Wildman–Crippen MR) is 70.2 cm³/mol. The number of aryl methyl sites for hydroxylation is 1. The molecule has 2 N–H and O–H groups in total. The lowest BCUT2D eigenvalue weighted by Gasteiger charge is -2.15. The number of carbonyl (C=O) groups excluding carboxylic acids is 1. The number of hydrogen-bond donors (Lipinski definition) is 2. The maximum Gasteiger partial charge on any atom is 0.305 e. The number of carboxylic acid groups (broad SMARTS) is 1. The summed E-state index contributed by atoms with van der Waals surface area (Å²) in [5.41, 5.74) is 1.28. The standard InChI is InChI=1S/C13H16ClNO3/c1-3-15-11(7-12(16)17)13(18)9-4-5-10(14)8(2)6-9/h4-6,11,15H,3,7H2,1-2H3,(H,16,17). The first-order valence-corrected chi connectivity index (χ1v) is 6.09. The molecule has 1 aromatic rings. The molecule has 0 aromatic heterocycles. The Morgan fingerprint density at radius 1 is 1.44 bits per heavy atom. The molecule has 0 heterocycles. The second kappa shape index (κ2) is 6.52. The quantitative estimate of drug-likeness (QED) is 0.778. The molecule has 5 heteroatoms. The summed E-state index contributed by atoms with van der Waals surface area (Å²) in [5.74, 6) is -1.22. The molecule has 1 unspecified atom stereocenters. The fourth-order valence-electron chi connectivity index (χ4n) is 1.68. The molecule has 0 bridgehead atoms. The highest BCUT2D eigenvalue weighted by atomic mass is 35.5. The van der Waals surface area contributed by atoms with Crippen LogP contribution in [0, 0.1) is 6.92 Å². The van der Waals surface area contributed by atoms with Gasteiger partial charge in [0, 0.05) is 10.6 Å². The van der Waals surface area contributed by atoms with Gasteiger partial charge in [-0.2, -0.15) is 0 Å². The van der Waals surface area contributed by atoms with Gasteiger partial charge in [0.15, 0.2) is 5.78 Å². The zero-order valence-electron chi connectivity index (χ0n) is 10.4. The van der Waals surface area contributed by atoms with E-state index >= 15 is 0 Å². The number of benzene rings is 1. The summed E-state index contributed by atoms with van der Waals surface area (Å²) >= 11 is 5.89. The number of hydrogen-bond acceptors (Lipinski definition) is 3. The van der Waals surface area contributed by atoms with E-state index in [2.05, 4.69) is 5.32 Å². The van der Waals surface area contributed by atoms with Gasteiger partial charge in [-0.3, -0.25) is 9.59 Å². The van der Waals surface area contributed by atoms with Crippen LogP contribution in [0.5, 0.6) is 0 Å². The first-order chi connectivity index (χ1) is 8.45. The smallest absolute Gasteiger partial charge is 0.305 e. The van der Waals surface area contributed by atoms with Crippen LogP contribution in [-0.2, 0) is 4.79 Å². The van der Waals surface area contributed by atoms with Crippen molar-refractivity contribution in [2.24, 2.45) is 0 Å². The zero-order valence-corrected chi connectivity index (χ0v) is 11.1. The van der Waals surface area contributed by atoms with Gasteiger partial charge in [0.2, 0.25) is 0 Å². The van der Waals surface area contributed by atoms with Crippen molar-refractivity contribution in [2.45, 2.75) is 26.3 Å². The minimum Gasteiger partial charge on any atom is -0.481 e. The Morgan fingerprint density at radius 3 is 2.61 bits per heavy atom. The summed E-state index contributed by atoms with van der Waals surface area (Å²) in [4.78, 5) is 22.9. The Morgan fingerprint density at radius 2 is 2.11 bits per heavy atom. The van der Waals surface area contributed by atoms with Crippen molar-refractivity contribution in [3.05, 3.63) is 34.3 Å². The fourth-order valence-corrected chi connectivity index (χ4v) is 1.80. The Balaban J connectivity index is 2.93. The van der Waals surface area contributed by atoms with Crippen LogP contribution in [0.2, 0.25) is 5.02 Å².